The Morgan fingerprint density at radius 1 is 0.891 bits per heavy atom. The van der Waals surface area contributed by atoms with Crippen LogP contribution in [0.3, 0.4) is 0 Å². The number of rotatable bonds is 20. The molecule has 1 atom stereocenters. The van der Waals surface area contributed by atoms with Gasteiger partial charge in [0.1, 0.15) is 13.2 Å². The van der Waals surface area contributed by atoms with Gasteiger partial charge in [0.25, 0.3) is 0 Å². The van der Waals surface area contributed by atoms with E-state index in [1.807, 2.05) is 6.07 Å². The average molecular weight is 635 g/mol. The van der Waals surface area contributed by atoms with Crippen molar-refractivity contribution in [1.82, 2.24) is 0 Å². The summed E-state index contributed by atoms with van der Waals surface area (Å²) in [4.78, 5) is 25.0. The third-order valence-corrected chi connectivity index (χ3v) is 8.98. The lowest BCUT2D eigenvalue weighted by Gasteiger charge is -2.29. The van der Waals surface area contributed by atoms with E-state index in [1.165, 1.54) is 69.6 Å². The normalized spacial score (nSPS) is 16.9. The van der Waals surface area contributed by atoms with Gasteiger partial charge < -0.3 is 24.1 Å². The molecular formula is C39H54O7. The van der Waals surface area contributed by atoms with Crippen LogP contribution < -0.4 is 0 Å². The summed E-state index contributed by atoms with van der Waals surface area (Å²) in [6.45, 7) is 11.8. The van der Waals surface area contributed by atoms with E-state index in [1.54, 1.807) is 0 Å². The average Bonchev–Trinajstić information content (AvgIpc) is 3.08. The lowest BCUT2D eigenvalue weighted by molar-refractivity contribution is -0.143. The van der Waals surface area contributed by atoms with Crippen LogP contribution in [0, 0.1) is 5.92 Å². The smallest absolute Gasteiger partial charge is 0.335 e. The maximum absolute atomic E-state index is 12.6. The fourth-order valence-corrected chi connectivity index (χ4v) is 6.19. The Bertz CT molecular complexity index is 1260. The molecule has 7 nitrogen and oxygen atoms in total. The summed E-state index contributed by atoms with van der Waals surface area (Å²) in [5, 5.41) is 8.91. The molecule has 1 N–H and O–H groups in total. The minimum atomic E-state index is -0.601. The standard InChI is InChI=1S/C39H54O7/c1-6-8-9-10-30-11-13-32(14-12-30)33-15-17-34(18-16-33)37-20-19-35(23-31(37)7-2)36(26-45-38(41)28(3)24-43-5)27-46-39(42)29(4)25-44-22-21-40/h15-20,23,30,32,36,40H,3-4,6-14,21-22,24-27H2,1-2,5H3. The summed E-state index contributed by atoms with van der Waals surface area (Å²) < 4.78 is 21.3. The van der Waals surface area contributed by atoms with Crippen molar-refractivity contribution < 1.29 is 33.6 Å². The van der Waals surface area contributed by atoms with Crippen LogP contribution in [0.15, 0.2) is 66.8 Å². The molecular weight excluding hydrogens is 580 g/mol. The summed E-state index contributed by atoms with van der Waals surface area (Å²) in [5.41, 5.74) is 6.18. The molecule has 46 heavy (non-hydrogen) atoms. The summed E-state index contributed by atoms with van der Waals surface area (Å²) in [5.74, 6) is -0.0217. The fourth-order valence-electron chi connectivity index (χ4n) is 6.19. The molecule has 2 aromatic rings. The van der Waals surface area contributed by atoms with Crippen LogP contribution in [-0.4, -0.2) is 63.8 Å². The van der Waals surface area contributed by atoms with E-state index >= 15 is 0 Å². The maximum Gasteiger partial charge on any atom is 0.335 e. The number of unbranched alkanes of at least 4 members (excludes halogenated alkanes) is 2. The molecule has 0 saturated heterocycles. The second-order valence-corrected chi connectivity index (χ2v) is 12.4. The third kappa shape index (κ3) is 11.5. The highest BCUT2D eigenvalue weighted by Gasteiger charge is 2.23. The first kappa shape index (κ1) is 37.2. The first-order chi connectivity index (χ1) is 22.3. The van der Waals surface area contributed by atoms with Crippen LogP contribution >= 0.6 is 0 Å². The number of aryl methyl sites for hydroxylation is 1. The highest BCUT2D eigenvalue weighted by atomic mass is 16.6. The Morgan fingerprint density at radius 2 is 1.54 bits per heavy atom. The van der Waals surface area contributed by atoms with Crippen LogP contribution in [0.5, 0.6) is 0 Å². The molecule has 252 valence electrons. The summed E-state index contributed by atoms with van der Waals surface area (Å²) in [7, 11) is 1.49. The van der Waals surface area contributed by atoms with E-state index in [0.29, 0.717) is 5.92 Å². The number of esters is 2. The van der Waals surface area contributed by atoms with Gasteiger partial charge in [0.05, 0.1) is 43.5 Å². The number of aliphatic hydroxyl groups is 1. The van der Waals surface area contributed by atoms with Crippen molar-refractivity contribution in [2.75, 3.05) is 46.8 Å². The molecule has 0 amide bonds. The molecule has 0 spiro atoms. The van der Waals surface area contributed by atoms with Crippen LogP contribution in [0.25, 0.3) is 11.1 Å². The summed E-state index contributed by atoms with van der Waals surface area (Å²) >= 11 is 0. The van der Waals surface area contributed by atoms with E-state index in [2.05, 4.69) is 63.4 Å². The van der Waals surface area contributed by atoms with Crippen molar-refractivity contribution >= 4 is 11.9 Å². The number of aliphatic hydroxyl groups excluding tert-OH is 1. The van der Waals surface area contributed by atoms with Gasteiger partial charge in [-0.05, 0) is 71.8 Å². The molecule has 3 rings (SSSR count). The molecule has 1 unspecified atom stereocenters. The molecule has 1 fully saturated rings. The summed E-state index contributed by atoms with van der Waals surface area (Å²) in [6, 6.07) is 15.3. The van der Waals surface area contributed by atoms with Crippen molar-refractivity contribution in [3.8, 4) is 11.1 Å². The Labute approximate surface area is 276 Å². The molecule has 0 bridgehead atoms. The van der Waals surface area contributed by atoms with Gasteiger partial charge in [0, 0.05) is 7.11 Å². The second kappa shape index (κ2) is 20.1. The Morgan fingerprint density at radius 3 is 2.13 bits per heavy atom. The van der Waals surface area contributed by atoms with Gasteiger partial charge in [-0.1, -0.05) is 95.2 Å². The number of carbonyl (C=O) groups is 2. The number of carbonyl (C=O) groups excluding carboxylic acids is 2. The molecule has 1 saturated carbocycles. The van der Waals surface area contributed by atoms with Gasteiger partial charge in [-0.15, -0.1) is 0 Å². The minimum absolute atomic E-state index is 0.000381. The topological polar surface area (TPSA) is 91.3 Å². The predicted octanol–water partition coefficient (Wildman–Crippen LogP) is 7.71. The van der Waals surface area contributed by atoms with Crippen molar-refractivity contribution in [3.63, 3.8) is 0 Å². The maximum atomic E-state index is 12.6. The summed E-state index contributed by atoms with van der Waals surface area (Å²) in [6.07, 6.45) is 11.5. The van der Waals surface area contributed by atoms with Crippen molar-refractivity contribution in [2.45, 2.75) is 83.5 Å². The molecule has 0 aliphatic heterocycles. The van der Waals surface area contributed by atoms with Crippen molar-refractivity contribution in [3.05, 3.63) is 83.5 Å². The zero-order valence-corrected chi connectivity index (χ0v) is 28.2. The van der Waals surface area contributed by atoms with Crippen molar-refractivity contribution in [2.24, 2.45) is 5.92 Å². The number of methoxy groups -OCH3 is 1. The predicted molar refractivity (Wildman–Crippen MR) is 183 cm³/mol. The number of ether oxygens (including phenoxy) is 4. The lowest BCUT2D eigenvalue weighted by Crippen LogP contribution is -2.22. The first-order valence-electron chi connectivity index (χ1n) is 16.9. The highest BCUT2D eigenvalue weighted by Crippen LogP contribution is 2.38. The van der Waals surface area contributed by atoms with Crippen LogP contribution in [0.1, 0.15) is 93.7 Å². The van der Waals surface area contributed by atoms with Gasteiger partial charge in [0.2, 0.25) is 0 Å². The van der Waals surface area contributed by atoms with Gasteiger partial charge in [-0.25, -0.2) is 9.59 Å². The number of hydrogen-bond acceptors (Lipinski definition) is 7. The molecule has 0 aromatic heterocycles. The minimum Gasteiger partial charge on any atom is -0.461 e. The van der Waals surface area contributed by atoms with E-state index in [0.717, 1.165) is 29.0 Å². The van der Waals surface area contributed by atoms with E-state index in [-0.39, 0.29) is 50.8 Å². The van der Waals surface area contributed by atoms with Gasteiger partial charge >= 0.3 is 11.9 Å². The zero-order valence-electron chi connectivity index (χ0n) is 28.2. The Kier molecular flexibility index (Phi) is 16.2. The molecule has 0 heterocycles. The van der Waals surface area contributed by atoms with Crippen LogP contribution in [-0.2, 0) is 35.0 Å². The SMILES string of the molecule is C=C(COC)C(=O)OCC(COC(=O)C(=C)COCCO)c1ccc(-c2ccc(C3CCC(CCCCC)CC3)cc2)c(CC)c1. The zero-order chi connectivity index (χ0) is 33.3. The fraction of sp³-hybridized carbons (Fsp3) is 0.538. The molecule has 7 heteroatoms. The molecule has 1 aliphatic carbocycles. The van der Waals surface area contributed by atoms with Crippen LogP contribution in [0.2, 0.25) is 0 Å². The molecule has 2 aromatic carbocycles. The number of hydrogen-bond donors (Lipinski definition) is 1. The van der Waals surface area contributed by atoms with Gasteiger partial charge in [-0.3, -0.25) is 0 Å². The van der Waals surface area contributed by atoms with E-state index in [4.69, 9.17) is 24.1 Å². The monoisotopic (exact) mass is 634 g/mol. The van der Waals surface area contributed by atoms with E-state index < -0.39 is 17.9 Å². The first-order valence-corrected chi connectivity index (χ1v) is 16.9. The second-order valence-electron chi connectivity index (χ2n) is 12.4. The molecule has 1 aliphatic rings. The van der Waals surface area contributed by atoms with Crippen LogP contribution in [0.4, 0.5) is 0 Å². The Hall–Kier alpha value is -3.26. The van der Waals surface area contributed by atoms with Crippen molar-refractivity contribution in [1.29, 1.82) is 0 Å². The Balaban J connectivity index is 1.72. The molecule has 0 radical (unpaired) electrons. The van der Waals surface area contributed by atoms with Gasteiger partial charge in [-0.2, -0.15) is 0 Å². The highest BCUT2D eigenvalue weighted by molar-refractivity contribution is 5.88. The van der Waals surface area contributed by atoms with E-state index in [9.17, 15) is 9.59 Å². The quantitative estimate of drug-likeness (QED) is 0.0906. The largest absolute Gasteiger partial charge is 0.461 e. The van der Waals surface area contributed by atoms with Gasteiger partial charge in [0.15, 0.2) is 0 Å². The lowest BCUT2D eigenvalue weighted by atomic mass is 9.77. The number of benzene rings is 2. The third-order valence-electron chi connectivity index (χ3n) is 8.98.